The molecular formula is C15H30N2O. The maximum absolute atomic E-state index is 9.66. The molecule has 2 aliphatic rings. The van der Waals surface area contributed by atoms with E-state index in [4.69, 9.17) is 0 Å². The van der Waals surface area contributed by atoms with Gasteiger partial charge in [0, 0.05) is 19.1 Å². The van der Waals surface area contributed by atoms with Crippen molar-refractivity contribution in [3.05, 3.63) is 0 Å². The Morgan fingerprint density at radius 1 is 1.33 bits per heavy atom. The fourth-order valence-corrected chi connectivity index (χ4v) is 3.61. The van der Waals surface area contributed by atoms with Crippen LogP contribution in [0.3, 0.4) is 0 Å². The number of aliphatic hydroxyl groups excluding tert-OH is 1. The molecule has 0 aromatic heterocycles. The third kappa shape index (κ3) is 3.69. The standard InChI is InChI=1S/C15H30N2O/c1-3-8-16-15-6-4-5-14(15)11-17-9-7-13(10-17)12(2)18/h12-16,18H,3-11H2,1-2H3. The molecular weight excluding hydrogens is 224 g/mol. The maximum atomic E-state index is 9.66. The highest BCUT2D eigenvalue weighted by Gasteiger charge is 2.32. The fraction of sp³-hybridized carbons (Fsp3) is 1.00. The van der Waals surface area contributed by atoms with Gasteiger partial charge in [-0.2, -0.15) is 0 Å². The fourth-order valence-electron chi connectivity index (χ4n) is 3.61. The summed E-state index contributed by atoms with van der Waals surface area (Å²) >= 11 is 0. The van der Waals surface area contributed by atoms with Crippen LogP contribution in [0.5, 0.6) is 0 Å². The Bertz CT molecular complexity index is 245. The molecule has 106 valence electrons. The van der Waals surface area contributed by atoms with Crippen LogP contribution in [0.25, 0.3) is 0 Å². The second-order valence-corrected chi connectivity index (χ2v) is 6.30. The maximum Gasteiger partial charge on any atom is 0.0552 e. The van der Waals surface area contributed by atoms with Gasteiger partial charge in [-0.3, -0.25) is 0 Å². The van der Waals surface area contributed by atoms with E-state index in [0.29, 0.717) is 5.92 Å². The second-order valence-electron chi connectivity index (χ2n) is 6.30. The van der Waals surface area contributed by atoms with Gasteiger partial charge in [0.15, 0.2) is 0 Å². The molecule has 4 atom stereocenters. The normalized spacial score (nSPS) is 35.2. The summed E-state index contributed by atoms with van der Waals surface area (Å²) in [7, 11) is 0. The molecule has 3 heteroatoms. The van der Waals surface area contributed by atoms with Crippen LogP contribution in [0.15, 0.2) is 0 Å². The summed E-state index contributed by atoms with van der Waals surface area (Å²) in [5.41, 5.74) is 0. The summed E-state index contributed by atoms with van der Waals surface area (Å²) in [6, 6.07) is 0.746. The Morgan fingerprint density at radius 3 is 2.83 bits per heavy atom. The van der Waals surface area contributed by atoms with Crippen molar-refractivity contribution in [2.24, 2.45) is 11.8 Å². The molecule has 0 aromatic rings. The molecule has 1 heterocycles. The first kappa shape index (κ1) is 14.3. The van der Waals surface area contributed by atoms with Crippen molar-refractivity contribution < 1.29 is 5.11 Å². The summed E-state index contributed by atoms with van der Waals surface area (Å²) in [4.78, 5) is 2.58. The van der Waals surface area contributed by atoms with Gasteiger partial charge >= 0.3 is 0 Å². The zero-order valence-electron chi connectivity index (χ0n) is 12.1. The molecule has 2 rings (SSSR count). The molecule has 3 nitrogen and oxygen atoms in total. The zero-order chi connectivity index (χ0) is 13.0. The van der Waals surface area contributed by atoms with E-state index in [2.05, 4.69) is 17.1 Å². The Morgan fingerprint density at radius 2 is 2.17 bits per heavy atom. The monoisotopic (exact) mass is 254 g/mol. The molecule has 1 aliphatic heterocycles. The quantitative estimate of drug-likeness (QED) is 0.759. The third-order valence-corrected chi connectivity index (χ3v) is 4.80. The van der Waals surface area contributed by atoms with Crippen LogP contribution >= 0.6 is 0 Å². The lowest BCUT2D eigenvalue weighted by Gasteiger charge is -2.26. The second kappa shape index (κ2) is 6.88. The van der Waals surface area contributed by atoms with Gasteiger partial charge in [-0.25, -0.2) is 0 Å². The molecule has 0 aromatic carbocycles. The smallest absolute Gasteiger partial charge is 0.0552 e. The molecule has 0 bridgehead atoms. The van der Waals surface area contributed by atoms with Crippen LogP contribution in [-0.2, 0) is 0 Å². The molecule has 1 aliphatic carbocycles. The van der Waals surface area contributed by atoms with Gasteiger partial charge in [0.1, 0.15) is 0 Å². The number of hydrogen-bond acceptors (Lipinski definition) is 3. The SMILES string of the molecule is CCCNC1CCCC1CN1CCC(C(C)O)C1. The van der Waals surface area contributed by atoms with Crippen LogP contribution in [0, 0.1) is 11.8 Å². The molecule has 2 fully saturated rings. The largest absolute Gasteiger partial charge is 0.393 e. The molecule has 1 saturated heterocycles. The Balaban J connectivity index is 1.75. The van der Waals surface area contributed by atoms with E-state index in [-0.39, 0.29) is 6.10 Å². The highest BCUT2D eigenvalue weighted by Crippen LogP contribution is 2.29. The summed E-state index contributed by atoms with van der Waals surface area (Å²) in [5.74, 6) is 1.35. The van der Waals surface area contributed by atoms with Crippen LogP contribution in [0.2, 0.25) is 0 Å². The van der Waals surface area contributed by atoms with E-state index in [1.165, 1.54) is 45.2 Å². The Labute approximate surface area is 112 Å². The van der Waals surface area contributed by atoms with E-state index in [1.54, 1.807) is 0 Å². The summed E-state index contributed by atoms with van der Waals surface area (Å²) in [5, 5.41) is 13.4. The van der Waals surface area contributed by atoms with Gasteiger partial charge < -0.3 is 15.3 Å². The Hall–Kier alpha value is -0.120. The predicted molar refractivity (Wildman–Crippen MR) is 75.7 cm³/mol. The van der Waals surface area contributed by atoms with Gasteiger partial charge in [-0.05, 0) is 57.5 Å². The Kier molecular flexibility index (Phi) is 5.46. The molecule has 2 N–H and O–H groups in total. The van der Waals surface area contributed by atoms with E-state index in [9.17, 15) is 5.11 Å². The minimum absolute atomic E-state index is 0.132. The third-order valence-electron chi connectivity index (χ3n) is 4.80. The van der Waals surface area contributed by atoms with E-state index in [1.807, 2.05) is 6.92 Å². The molecule has 1 saturated carbocycles. The molecule has 0 amide bonds. The van der Waals surface area contributed by atoms with Gasteiger partial charge in [0.05, 0.1) is 6.10 Å². The van der Waals surface area contributed by atoms with E-state index in [0.717, 1.165) is 25.0 Å². The van der Waals surface area contributed by atoms with Crippen LogP contribution in [-0.4, -0.2) is 48.3 Å². The number of hydrogen-bond donors (Lipinski definition) is 2. The van der Waals surface area contributed by atoms with Gasteiger partial charge in [-0.15, -0.1) is 0 Å². The highest BCUT2D eigenvalue weighted by molar-refractivity contribution is 4.88. The van der Waals surface area contributed by atoms with Crippen molar-refractivity contribution in [3.8, 4) is 0 Å². The number of aliphatic hydroxyl groups is 1. The number of nitrogens with zero attached hydrogens (tertiary/aromatic N) is 1. The highest BCUT2D eigenvalue weighted by atomic mass is 16.3. The van der Waals surface area contributed by atoms with E-state index < -0.39 is 0 Å². The lowest BCUT2D eigenvalue weighted by atomic mass is 10.0. The molecule has 0 radical (unpaired) electrons. The van der Waals surface area contributed by atoms with Gasteiger partial charge in [0.25, 0.3) is 0 Å². The number of likely N-dealkylation sites (tertiary alicyclic amines) is 1. The minimum Gasteiger partial charge on any atom is -0.393 e. The van der Waals surface area contributed by atoms with E-state index >= 15 is 0 Å². The number of rotatable bonds is 6. The lowest BCUT2D eigenvalue weighted by molar-refractivity contribution is 0.125. The first-order chi connectivity index (χ1) is 8.70. The average Bonchev–Trinajstić information content (AvgIpc) is 2.96. The topological polar surface area (TPSA) is 35.5 Å². The van der Waals surface area contributed by atoms with Gasteiger partial charge in [-0.1, -0.05) is 13.3 Å². The summed E-state index contributed by atoms with van der Waals surface area (Å²) in [6.45, 7) is 8.88. The minimum atomic E-state index is -0.132. The average molecular weight is 254 g/mol. The van der Waals surface area contributed by atoms with Crippen molar-refractivity contribution in [2.75, 3.05) is 26.2 Å². The van der Waals surface area contributed by atoms with Crippen LogP contribution < -0.4 is 5.32 Å². The summed E-state index contributed by atoms with van der Waals surface area (Å²) < 4.78 is 0. The summed E-state index contributed by atoms with van der Waals surface area (Å²) in [6.07, 6.45) is 6.41. The first-order valence-corrected chi connectivity index (χ1v) is 7.84. The van der Waals surface area contributed by atoms with Crippen molar-refractivity contribution in [1.29, 1.82) is 0 Å². The molecule has 18 heavy (non-hydrogen) atoms. The van der Waals surface area contributed by atoms with Gasteiger partial charge in [0.2, 0.25) is 0 Å². The zero-order valence-corrected chi connectivity index (χ0v) is 12.1. The van der Waals surface area contributed by atoms with Crippen molar-refractivity contribution >= 4 is 0 Å². The first-order valence-electron chi connectivity index (χ1n) is 7.84. The predicted octanol–water partition coefficient (Wildman–Crippen LogP) is 1.86. The van der Waals surface area contributed by atoms with Crippen molar-refractivity contribution in [1.82, 2.24) is 10.2 Å². The molecule has 4 unspecified atom stereocenters. The van der Waals surface area contributed by atoms with Crippen molar-refractivity contribution in [3.63, 3.8) is 0 Å². The van der Waals surface area contributed by atoms with Crippen LogP contribution in [0.1, 0.15) is 46.0 Å². The van der Waals surface area contributed by atoms with Crippen molar-refractivity contribution in [2.45, 2.75) is 58.1 Å². The number of nitrogens with one attached hydrogen (secondary N) is 1. The lowest BCUT2D eigenvalue weighted by Crippen LogP contribution is -2.39. The van der Waals surface area contributed by atoms with Crippen LogP contribution in [0.4, 0.5) is 0 Å². The molecule has 0 spiro atoms.